The average Bonchev–Trinajstić information content (AvgIpc) is 2.83. The number of hydrogen-bond donors (Lipinski definition) is 3. The summed E-state index contributed by atoms with van der Waals surface area (Å²) in [4.78, 5) is 15.1. The van der Waals surface area contributed by atoms with Crippen LogP contribution < -0.4 is 21.0 Å². The second-order valence-corrected chi connectivity index (χ2v) is 8.36. The third-order valence-corrected chi connectivity index (χ3v) is 5.98. The highest BCUT2D eigenvalue weighted by Gasteiger charge is 2.25. The van der Waals surface area contributed by atoms with Gasteiger partial charge in [-0.2, -0.15) is 0 Å². The van der Waals surface area contributed by atoms with Crippen molar-refractivity contribution in [1.82, 2.24) is 10.4 Å². The van der Waals surface area contributed by atoms with Crippen molar-refractivity contribution < 1.29 is 4.79 Å². The lowest BCUT2D eigenvalue weighted by atomic mass is 9.95. The van der Waals surface area contributed by atoms with E-state index in [2.05, 4.69) is 36.1 Å². The third kappa shape index (κ3) is 6.57. The summed E-state index contributed by atoms with van der Waals surface area (Å²) in [5.74, 6) is 0.133. The fourth-order valence-corrected chi connectivity index (χ4v) is 4.19. The van der Waals surface area contributed by atoms with E-state index in [1.54, 1.807) is 0 Å². The van der Waals surface area contributed by atoms with Crippen LogP contribution in [0.15, 0.2) is 48.5 Å². The highest BCUT2D eigenvalue weighted by atomic mass is 31.1. The van der Waals surface area contributed by atoms with Gasteiger partial charge in [-0.3, -0.25) is 9.88 Å². The third-order valence-electron chi connectivity index (χ3n) is 5.37. The number of unbranched alkanes of at least 4 members (excludes halogenated alkanes) is 1. The Morgan fingerprint density at radius 1 is 1.03 bits per heavy atom. The summed E-state index contributed by atoms with van der Waals surface area (Å²) in [6.07, 6.45) is 3.54. The number of rotatable bonds is 9. The quantitative estimate of drug-likeness (QED) is 0.354. The fourth-order valence-electron chi connectivity index (χ4n) is 3.77. The van der Waals surface area contributed by atoms with Gasteiger partial charge in [0, 0.05) is 24.1 Å². The van der Waals surface area contributed by atoms with Crippen molar-refractivity contribution >= 4 is 31.7 Å². The molecule has 2 aromatic carbocycles. The number of anilines is 1. The zero-order chi connectivity index (χ0) is 23.3. The second-order valence-electron chi connectivity index (χ2n) is 7.50. The Labute approximate surface area is 195 Å². The van der Waals surface area contributed by atoms with E-state index in [0.717, 1.165) is 60.4 Å². The molecule has 0 spiro atoms. The summed E-state index contributed by atoms with van der Waals surface area (Å²) in [6.45, 7) is 10.6. The zero-order valence-electron chi connectivity index (χ0n) is 20.0. The molecule has 0 saturated carbocycles. The van der Waals surface area contributed by atoms with Gasteiger partial charge in [-0.25, -0.2) is 0 Å². The van der Waals surface area contributed by atoms with Gasteiger partial charge in [0.2, 0.25) is 5.91 Å². The monoisotopic (exact) mass is 454 g/mol. The fraction of sp³-hybridized carbons (Fsp3) is 0.423. The Bertz CT molecular complexity index is 897. The molecule has 0 aromatic heterocycles. The summed E-state index contributed by atoms with van der Waals surface area (Å²) in [7, 11) is 0.700. The maximum absolute atomic E-state index is 13.2. The molecule has 32 heavy (non-hydrogen) atoms. The number of fused-ring (bicyclic) bond motifs is 2. The van der Waals surface area contributed by atoms with Crippen LogP contribution >= 0.6 is 8.73 Å². The molecule has 1 aliphatic rings. The van der Waals surface area contributed by atoms with Crippen molar-refractivity contribution in [3.05, 3.63) is 65.2 Å². The minimum atomic E-state index is 0.133. The predicted octanol–water partition coefficient (Wildman–Crippen LogP) is 5.33. The van der Waals surface area contributed by atoms with Gasteiger partial charge in [0.1, 0.15) is 0 Å². The zero-order valence-corrected chi connectivity index (χ0v) is 21.0. The lowest BCUT2D eigenvalue weighted by Crippen LogP contribution is -2.34. The van der Waals surface area contributed by atoms with Gasteiger partial charge in [0.25, 0.3) is 0 Å². The molecule has 2 aromatic rings. The minimum Gasteiger partial charge on any atom is -0.396 e. The molecular formula is C26H39N4OP. The molecule has 5 nitrogen and oxygen atoms in total. The van der Waals surface area contributed by atoms with Crippen molar-refractivity contribution in [2.75, 3.05) is 24.7 Å². The van der Waals surface area contributed by atoms with E-state index in [9.17, 15) is 4.79 Å². The first kappa shape index (κ1) is 25.9. The molecule has 4 N–H and O–H groups in total. The van der Waals surface area contributed by atoms with Gasteiger partial charge in [0.05, 0.1) is 23.6 Å². The molecular weight excluding hydrogens is 415 g/mol. The van der Waals surface area contributed by atoms with E-state index < -0.39 is 0 Å². The highest BCUT2D eigenvalue weighted by molar-refractivity contribution is 7.34. The van der Waals surface area contributed by atoms with Gasteiger partial charge in [0.15, 0.2) is 0 Å². The maximum Gasteiger partial charge on any atom is 0.227 e. The Morgan fingerprint density at radius 2 is 1.72 bits per heavy atom. The molecule has 1 unspecified atom stereocenters. The number of nitrogens with one attached hydrogen (secondary N) is 2. The smallest absolute Gasteiger partial charge is 0.227 e. The van der Waals surface area contributed by atoms with Crippen molar-refractivity contribution in [2.45, 2.75) is 53.0 Å². The predicted molar refractivity (Wildman–Crippen MR) is 141 cm³/mol. The molecule has 3 rings (SSSR count). The standard InChI is InChI=1S/C24H33N4OP.C2H6/c1-3-4-15-26-24-19-11-6-5-10-18(19)17-28(22(29)14-9-16-27-30-2)21-13-8-7-12-20(21)23(24)25;1-2/h5-8,10-13,26-27,30H,3-4,9,14-17,25H2,1-2H3;1-2H3/b24-23-;. The van der Waals surface area contributed by atoms with E-state index in [-0.39, 0.29) is 5.91 Å². The SMILES string of the molecule is CC.CCCCN/C1=C(\N)c2ccccc2N(C(=O)CCCNPC)Cc2ccccc21. The first-order valence-electron chi connectivity index (χ1n) is 11.8. The molecule has 1 aliphatic heterocycles. The van der Waals surface area contributed by atoms with Crippen LogP contribution in [0.5, 0.6) is 0 Å². The van der Waals surface area contributed by atoms with Gasteiger partial charge in [-0.15, -0.1) is 0 Å². The highest BCUT2D eigenvalue weighted by Crippen LogP contribution is 2.34. The first-order valence-corrected chi connectivity index (χ1v) is 13.3. The van der Waals surface area contributed by atoms with E-state index in [1.165, 1.54) is 0 Å². The van der Waals surface area contributed by atoms with Crippen LogP contribution in [0, 0.1) is 0 Å². The normalized spacial score (nSPS) is 15.3. The van der Waals surface area contributed by atoms with Crippen LogP contribution in [0.2, 0.25) is 0 Å². The summed E-state index contributed by atoms with van der Waals surface area (Å²) in [5.41, 5.74) is 12.4. The Morgan fingerprint density at radius 3 is 2.44 bits per heavy atom. The summed E-state index contributed by atoms with van der Waals surface area (Å²) in [5, 5.41) is 6.90. The van der Waals surface area contributed by atoms with Crippen LogP contribution in [0.3, 0.4) is 0 Å². The second kappa shape index (κ2) is 13.9. The van der Waals surface area contributed by atoms with Crippen molar-refractivity contribution in [3.63, 3.8) is 0 Å². The number of nitrogens with two attached hydrogens (primary N) is 1. The molecule has 0 bridgehead atoms. The minimum absolute atomic E-state index is 0.133. The van der Waals surface area contributed by atoms with Gasteiger partial charge in [-0.05, 0) is 37.7 Å². The molecule has 0 aliphatic carbocycles. The van der Waals surface area contributed by atoms with Gasteiger partial charge < -0.3 is 16.0 Å². The van der Waals surface area contributed by atoms with Crippen LogP contribution in [-0.4, -0.2) is 25.7 Å². The van der Waals surface area contributed by atoms with Crippen molar-refractivity contribution in [1.29, 1.82) is 0 Å². The van der Waals surface area contributed by atoms with Crippen LogP contribution in [0.1, 0.15) is 63.1 Å². The largest absolute Gasteiger partial charge is 0.396 e. The number of carbonyl (C=O) groups is 1. The molecule has 1 amide bonds. The van der Waals surface area contributed by atoms with Crippen LogP contribution in [-0.2, 0) is 11.3 Å². The van der Waals surface area contributed by atoms with Crippen molar-refractivity contribution in [3.8, 4) is 0 Å². The summed E-state index contributed by atoms with van der Waals surface area (Å²) < 4.78 is 0. The Kier molecular flexibility index (Phi) is 11.3. The molecule has 0 fully saturated rings. The van der Waals surface area contributed by atoms with Gasteiger partial charge in [-0.1, -0.05) is 78.4 Å². The van der Waals surface area contributed by atoms with Crippen LogP contribution in [0.25, 0.3) is 11.4 Å². The molecule has 0 saturated heterocycles. The number of para-hydroxylation sites is 1. The van der Waals surface area contributed by atoms with E-state index >= 15 is 0 Å². The molecule has 6 heteroatoms. The lowest BCUT2D eigenvalue weighted by Gasteiger charge is -2.30. The Hall–Kier alpha value is -2.36. The van der Waals surface area contributed by atoms with E-state index in [4.69, 9.17) is 5.73 Å². The Balaban J connectivity index is 0.00000176. The summed E-state index contributed by atoms with van der Waals surface area (Å²) in [6, 6.07) is 16.2. The number of benzene rings is 2. The van der Waals surface area contributed by atoms with Crippen molar-refractivity contribution in [2.24, 2.45) is 5.73 Å². The lowest BCUT2D eigenvalue weighted by molar-refractivity contribution is -0.118. The van der Waals surface area contributed by atoms with E-state index in [1.807, 2.05) is 55.1 Å². The molecule has 0 radical (unpaired) electrons. The van der Waals surface area contributed by atoms with E-state index in [0.29, 0.717) is 27.4 Å². The number of amides is 1. The molecule has 1 heterocycles. The molecule has 1 atom stereocenters. The number of hydrogen-bond acceptors (Lipinski definition) is 4. The maximum atomic E-state index is 13.2. The topological polar surface area (TPSA) is 70.4 Å². The average molecular weight is 455 g/mol. The number of carbonyl (C=O) groups excluding carboxylic acids is 1. The number of nitrogens with zero attached hydrogens (tertiary/aromatic N) is 1. The van der Waals surface area contributed by atoms with Crippen LogP contribution in [0.4, 0.5) is 5.69 Å². The first-order chi connectivity index (χ1) is 15.7. The molecule has 174 valence electrons. The summed E-state index contributed by atoms with van der Waals surface area (Å²) >= 11 is 0. The van der Waals surface area contributed by atoms with Gasteiger partial charge >= 0.3 is 0 Å².